The molecule has 0 radical (unpaired) electrons. The van der Waals surface area contributed by atoms with Gasteiger partial charge < -0.3 is 29.5 Å². The number of aliphatic hydroxyl groups is 2. The number of aliphatic hydroxyl groups excluding tert-OH is 2. The van der Waals surface area contributed by atoms with E-state index < -0.39 is 48.4 Å². The molecule has 2 fully saturated rings. The third-order valence-corrected chi connectivity index (χ3v) is 4.69. The minimum atomic E-state index is -4.88. The minimum Gasteiger partial charge on any atom is -0.424 e. The van der Waals surface area contributed by atoms with E-state index in [1.165, 1.54) is 0 Å². The number of carbonyl (C=O) groups is 1. The lowest BCUT2D eigenvalue weighted by Gasteiger charge is -2.39. The number of phosphoric ester groups is 1. The number of phosphoric acid groups is 1. The van der Waals surface area contributed by atoms with E-state index in [2.05, 4.69) is 14.0 Å². The Morgan fingerprint density at radius 2 is 1.72 bits per heavy atom. The lowest BCUT2D eigenvalue weighted by Crippen LogP contribution is -2.61. The zero-order valence-corrected chi connectivity index (χ0v) is 11.7. The highest BCUT2D eigenvalue weighted by Crippen LogP contribution is 2.44. The van der Waals surface area contributed by atoms with Gasteiger partial charge in [-0.05, 0) is 0 Å². The van der Waals surface area contributed by atoms with Gasteiger partial charge in [0.25, 0.3) is 0 Å². The molecular formula is C7H10IO9P. The van der Waals surface area contributed by atoms with Crippen molar-refractivity contribution < 1.29 is 43.4 Å². The summed E-state index contributed by atoms with van der Waals surface area (Å²) in [6.07, 6.45) is -7.56. The Bertz CT molecular complexity index is 396. The van der Waals surface area contributed by atoms with Crippen LogP contribution in [0.5, 0.6) is 0 Å². The molecule has 2 rings (SSSR count). The Balaban J connectivity index is 2.26. The van der Waals surface area contributed by atoms with Crippen LogP contribution in [-0.2, 0) is 18.6 Å². The maximum absolute atomic E-state index is 11.0. The summed E-state index contributed by atoms with van der Waals surface area (Å²) >= 11 is 1.68. The fourth-order valence-corrected chi connectivity index (χ4v) is 3.32. The summed E-state index contributed by atoms with van der Waals surface area (Å²) in [7, 11) is -4.88. The molecule has 2 aliphatic rings. The molecule has 1 aliphatic carbocycles. The van der Waals surface area contributed by atoms with E-state index in [4.69, 9.17) is 9.79 Å². The molecule has 0 spiro atoms. The molecule has 11 heteroatoms. The highest BCUT2D eigenvalue weighted by Gasteiger charge is 2.58. The maximum Gasteiger partial charge on any atom is 0.509 e. The molecule has 1 heterocycles. The van der Waals surface area contributed by atoms with Crippen LogP contribution in [0.2, 0.25) is 0 Å². The highest BCUT2D eigenvalue weighted by atomic mass is 127. The molecule has 1 saturated heterocycles. The number of rotatable bonds is 2. The van der Waals surface area contributed by atoms with Crippen molar-refractivity contribution in [2.75, 3.05) is 0 Å². The monoisotopic (exact) mass is 396 g/mol. The summed E-state index contributed by atoms with van der Waals surface area (Å²) in [5.74, 6) is 0. The predicted octanol–water partition coefficient (Wildman–Crippen LogP) is -1.09. The third kappa shape index (κ3) is 2.64. The van der Waals surface area contributed by atoms with Gasteiger partial charge in [-0.2, -0.15) is 0 Å². The van der Waals surface area contributed by atoms with Crippen molar-refractivity contribution in [1.29, 1.82) is 0 Å². The molecule has 0 bridgehead atoms. The van der Waals surface area contributed by atoms with Crippen molar-refractivity contribution in [2.45, 2.75) is 34.4 Å². The summed E-state index contributed by atoms with van der Waals surface area (Å²) in [6, 6.07) is 0. The van der Waals surface area contributed by atoms with E-state index in [-0.39, 0.29) is 0 Å². The fourth-order valence-electron chi connectivity index (χ4n) is 1.94. The van der Waals surface area contributed by atoms with Gasteiger partial charge in [0.2, 0.25) is 0 Å². The molecular weight excluding hydrogens is 386 g/mol. The van der Waals surface area contributed by atoms with Gasteiger partial charge in [-0.25, -0.2) is 9.36 Å². The number of alkyl halides is 1. The second-order valence-electron chi connectivity index (χ2n) is 3.90. The van der Waals surface area contributed by atoms with Crippen LogP contribution in [-0.4, -0.2) is 60.6 Å². The lowest BCUT2D eigenvalue weighted by atomic mass is 9.87. The molecule has 0 aromatic heterocycles. The molecule has 104 valence electrons. The van der Waals surface area contributed by atoms with E-state index in [0.29, 0.717) is 0 Å². The van der Waals surface area contributed by atoms with Crippen molar-refractivity contribution >= 4 is 36.6 Å². The molecule has 0 amide bonds. The summed E-state index contributed by atoms with van der Waals surface area (Å²) in [5, 5.41) is 19.6. The van der Waals surface area contributed by atoms with Crippen molar-refractivity contribution in [2.24, 2.45) is 0 Å². The molecule has 1 saturated carbocycles. The van der Waals surface area contributed by atoms with E-state index in [1.54, 1.807) is 22.6 Å². The van der Waals surface area contributed by atoms with Gasteiger partial charge >= 0.3 is 14.0 Å². The van der Waals surface area contributed by atoms with Crippen LogP contribution in [0, 0.1) is 0 Å². The largest absolute Gasteiger partial charge is 0.509 e. The first kappa shape index (κ1) is 14.4. The van der Waals surface area contributed by atoms with Crippen molar-refractivity contribution in [1.82, 2.24) is 0 Å². The standard InChI is InChI=1S/C7H10IO9P/c8-1-2(9)4-6(16-7(11)15-4)5(3(1)10)17-18(12,13)14/h1-6,9-10H,(H2,12,13,14)/t1-,2-,3+,4+,5-,6+/m0/s1. The van der Waals surface area contributed by atoms with Crippen LogP contribution in [0.1, 0.15) is 0 Å². The SMILES string of the molecule is O=C1O[C@@H]2[C@H](O1)[C@@H](O)[C@H](I)[C@@H](O)[C@@H]2OP(=O)(O)O. The number of fused-ring (bicyclic) bond motifs is 1. The Kier molecular flexibility index (Phi) is 3.89. The van der Waals surface area contributed by atoms with Crippen LogP contribution < -0.4 is 0 Å². The van der Waals surface area contributed by atoms with Gasteiger partial charge in [-0.1, -0.05) is 22.6 Å². The van der Waals surface area contributed by atoms with E-state index in [9.17, 15) is 19.6 Å². The zero-order valence-electron chi connectivity index (χ0n) is 8.62. The molecule has 4 N–H and O–H groups in total. The van der Waals surface area contributed by atoms with Gasteiger partial charge in [-0.15, -0.1) is 0 Å². The average molecular weight is 396 g/mol. The summed E-state index contributed by atoms with van der Waals surface area (Å²) in [5.41, 5.74) is 0. The second-order valence-corrected chi connectivity index (χ2v) is 6.53. The number of hydrogen-bond donors (Lipinski definition) is 4. The average Bonchev–Trinajstić information content (AvgIpc) is 2.62. The van der Waals surface area contributed by atoms with E-state index >= 15 is 0 Å². The molecule has 9 nitrogen and oxygen atoms in total. The smallest absolute Gasteiger partial charge is 0.424 e. The van der Waals surface area contributed by atoms with Gasteiger partial charge in [0.1, 0.15) is 12.2 Å². The molecule has 6 atom stereocenters. The summed E-state index contributed by atoms with van der Waals surface area (Å²) in [4.78, 5) is 28.5. The van der Waals surface area contributed by atoms with Gasteiger partial charge in [0.15, 0.2) is 12.2 Å². The van der Waals surface area contributed by atoms with Crippen LogP contribution in [0.25, 0.3) is 0 Å². The normalized spacial score (nSPS) is 44.2. The van der Waals surface area contributed by atoms with Crippen LogP contribution in [0.3, 0.4) is 0 Å². The summed E-state index contributed by atoms with van der Waals surface area (Å²) < 4.78 is 23.8. The Hall–Kier alpha value is 0.0300. The number of carbonyl (C=O) groups excluding carboxylic acids is 1. The van der Waals surface area contributed by atoms with Gasteiger partial charge in [-0.3, -0.25) is 4.52 Å². The van der Waals surface area contributed by atoms with Crippen LogP contribution in [0.15, 0.2) is 0 Å². The Morgan fingerprint density at radius 3 is 2.28 bits per heavy atom. The number of ether oxygens (including phenoxy) is 2. The fraction of sp³-hybridized carbons (Fsp3) is 0.857. The van der Waals surface area contributed by atoms with Crippen molar-refractivity contribution in [3.05, 3.63) is 0 Å². The first-order valence-electron chi connectivity index (χ1n) is 4.82. The van der Waals surface area contributed by atoms with Crippen molar-refractivity contribution in [3.8, 4) is 0 Å². The molecule has 1 aliphatic heterocycles. The third-order valence-electron chi connectivity index (χ3n) is 2.70. The molecule has 0 aromatic carbocycles. The number of halogens is 1. The minimum absolute atomic E-state index is 0.824. The zero-order chi connectivity index (χ0) is 13.7. The Morgan fingerprint density at radius 1 is 1.17 bits per heavy atom. The maximum atomic E-state index is 11.0. The van der Waals surface area contributed by atoms with E-state index in [0.717, 1.165) is 0 Å². The van der Waals surface area contributed by atoms with Gasteiger partial charge in [0.05, 0.1) is 10.0 Å². The predicted molar refractivity (Wildman–Crippen MR) is 61.9 cm³/mol. The van der Waals surface area contributed by atoms with Crippen molar-refractivity contribution in [3.63, 3.8) is 0 Å². The Labute approximate surface area is 114 Å². The molecule has 0 aromatic rings. The highest BCUT2D eigenvalue weighted by molar-refractivity contribution is 14.1. The first-order valence-corrected chi connectivity index (χ1v) is 7.60. The molecule has 18 heavy (non-hydrogen) atoms. The van der Waals surface area contributed by atoms with Gasteiger partial charge in [0, 0.05) is 0 Å². The second kappa shape index (κ2) is 4.85. The summed E-state index contributed by atoms with van der Waals surface area (Å²) in [6.45, 7) is 0. The quantitative estimate of drug-likeness (QED) is 0.198. The lowest BCUT2D eigenvalue weighted by molar-refractivity contribution is -0.121. The van der Waals surface area contributed by atoms with E-state index in [1.807, 2.05) is 0 Å². The van der Waals surface area contributed by atoms with Crippen LogP contribution in [0.4, 0.5) is 4.79 Å². The first-order chi connectivity index (χ1) is 8.20. The topological polar surface area (TPSA) is 143 Å². The molecule has 0 unspecified atom stereocenters. The van der Waals surface area contributed by atoms with Crippen LogP contribution >= 0.6 is 30.4 Å². The number of hydrogen-bond acceptors (Lipinski definition) is 7.